The van der Waals surface area contributed by atoms with Crippen molar-refractivity contribution in [3.63, 3.8) is 0 Å². The van der Waals surface area contributed by atoms with Crippen LogP contribution in [0.15, 0.2) is 60.7 Å². The van der Waals surface area contributed by atoms with Gasteiger partial charge in [0.2, 0.25) is 0 Å². The number of nitrogens with one attached hydrogen (secondary N) is 2. The Balaban J connectivity index is 1.90. The molecule has 6 heteroatoms. The Bertz CT molecular complexity index is 852. The molecule has 5 nitrogen and oxygen atoms in total. The van der Waals surface area contributed by atoms with E-state index in [1.165, 1.54) is 0 Å². The highest BCUT2D eigenvalue weighted by molar-refractivity contribution is 6.33. The first kappa shape index (κ1) is 18.2. The Morgan fingerprint density at radius 1 is 0.923 bits per heavy atom. The molecule has 0 fully saturated rings. The Hall–Kier alpha value is -2.63. The third-order valence-electron chi connectivity index (χ3n) is 3.76. The lowest BCUT2D eigenvalue weighted by molar-refractivity contribution is 0.425. The van der Waals surface area contributed by atoms with Gasteiger partial charge in [-0.15, -0.1) is 0 Å². The molecule has 0 aliphatic heterocycles. The molecule has 0 saturated carbocycles. The van der Waals surface area contributed by atoms with Gasteiger partial charge in [-0.3, -0.25) is 0 Å². The van der Waals surface area contributed by atoms with Gasteiger partial charge in [-0.25, -0.2) is 9.97 Å². The fraction of sp³-hybridized carbons (Fsp3) is 0.200. The molecule has 1 heterocycles. The molecule has 0 unspecified atom stereocenters. The summed E-state index contributed by atoms with van der Waals surface area (Å²) < 4.78 is 0. The zero-order valence-corrected chi connectivity index (χ0v) is 15.7. The van der Waals surface area contributed by atoms with Crippen molar-refractivity contribution in [1.82, 2.24) is 14.9 Å². The first-order valence-corrected chi connectivity index (χ1v) is 8.84. The van der Waals surface area contributed by atoms with Crippen LogP contribution in [0.3, 0.4) is 0 Å². The largest absolute Gasteiger partial charge is 0.369 e. The van der Waals surface area contributed by atoms with Crippen molar-refractivity contribution in [3.05, 3.63) is 65.7 Å². The van der Waals surface area contributed by atoms with Crippen molar-refractivity contribution in [3.8, 4) is 11.4 Å². The Kier molecular flexibility index (Phi) is 6.04. The van der Waals surface area contributed by atoms with Crippen molar-refractivity contribution in [1.29, 1.82) is 0 Å². The molecule has 2 aromatic carbocycles. The van der Waals surface area contributed by atoms with E-state index in [9.17, 15) is 0 Å². The fourth-order valence-corrected chi connectivity index (χ4v) is 2.61. The minimum atomic E-state index is 0.648. The van der Waals surface area contributed by atoms with E-state index >= 15 is 0 Å². The number of likely N-dealkylation sites (N-methyl/N-ethyl adjacent to an activating group) is 1. The highest BCUT2D eigenvalue weighted by Crippen LogP contribution is 2.26. The van der Waals surface area contributed by atoms with Gasteiger partial charge in [-0.2, -0.15) is 0 Å². The van der Waals surface area contributed by atoms with Crippen LogP contribution in [-0.4, -0.2) is 42.1 Å². The molecule has 0 spiro atoms. The maximum atomic E-state index is 6.26. The van der Waals surface area contributed by atoms with Gasteiger partial charge in [0.1, 0.15) is 11.6 Å². The molecular weight excluding hydrogens is 346 g/mol. The second kappa shape index (κ2) is 8.65. The zero-order valence-electron chi connectivity index (χ0n) is 14.9. The summed E-state index contributed by atoms with van der Waals surface area (Å²) in [7, 11) is 4.09. The maximum Gasteiger partial charge on any atom is 0.163 e. The summed E-state index contributed by atoms with van der Waals surface area (Å²) in [6.07, 6.45) is 0. The minimum Gasteiger partial charge on any atom is -0.369 e. The molecular formula is C20H22ClN5. The monoisotopic (exact) mass is 367 g/mol. The van der Waals surface area contributed by atoms with E-state index in [0.717, 1.165) is 30.2 Å². The van der Waals surface area contributed by atoms with Crippen molar-refractivity contribution < 1.29 is 0 Å². The van der Waals surface area contributed by atoms with Gasteiger partial charge in [-0.05, 0) is 26.2 Å². The molecule has 0 aliphatic rings. The molecule has 3 aromatic rings. The number of anilines is 3. The number of nitrogens with zero attached hydrogens (tertiary/aromatic N) is 3. The average molecular weight is 368 g/mol. The molecule has 0 radical (unpaired) electrons. The van der Waals surface area contributed by atoms with E-state index in [2.05, 4.69) is 25.5 Å². The van der Waals surface area contributed by atoms with Crippen molar-refractivity contribution in [2.45, 2.75) is 0 Å². The van der Waals surface area contributed by atoms with Crippen LogP contribution >= 0.6 is 11.6 Å². The van der Waals surface area contributed by atoms with E-state index in [-0.39, 0.29) is 0 Å². The summed E-state index contributed by atoms with van der Waals surface area (Å²) in [5.41, 5.74) is 1.78. The third kappa shape index (κ3) is 4.94. The topological polar surface area (TPSA) is 53.1 Å². The van der Waals surface area contributed by atoms with E-state index in [1.807, 2.05) is 74.8 Å². The molecule has 0 aliphatic carbocycles. The smallest absolute Gasteiger partial charge is 0.163 e. The second-order valence-electron chi connectivity index (χ2n) is 6.16. The van der Waals surface area contributed by atoms with Gasteiger partial charge >= 0.3 is 0 Å². The molecule has 1 aromatic heterocycles. The Labute approximate surface area is 159 Å². The summed E-state index contributed by atoms with van der Waals surface area (Å²) in [5.74, 6) is 2.13. The molecule has 3 rings (SSSR count). The quantitative estimate of drug-likeness (QED) is 0.643. The van der Waals surface area contributed by atoms with Crippen LogP contribution in [-0.2, 0) is 0 Å². The number of rotatable bonds is 7. The van der Waals surface area contributed by atoms with Crippen LogP contribution in [0, 0.1) is 0 Å². The molecule has 0 saturated heterocycles. The average Bonchev–Trinajstić information content (AvgIpc) is 2.64. The van der Waals surface area contributed by atoms with Crippen LogP contribution in [0.2, 0.25) is 5.02 Å². The van der Waals surface area contributed by atoms with Crippen LogP contribution in [0.25, 0.3) is 11.4 Å². The van der Waals surface area contributed by atoms with Crippen molar-refractivity contribution in [2.24, 2.45) is 0 Å². The van der Waals surface area contributed by atoms with Crippen LogP contribution < -0.4 is 10.6 Å². The van der Waals surface area contributed by atoms with Crippen molar-refractivity contribution in [2.75, 3.05) is 37.8 Å². The highest BCUT2D eigenvalue weighted by atomic mass is 35.5. The summed E-state index contributed by atoms with van der Waals surface area (Å²) in [4.78, 5) is 11.4. The zero-order chi connectivity index (χ0) is 18.4. The van der Waals surface area contributed by atoms with Crippen LogP contribution in [0.1, 0.15) is 0 Å². The molecule has 0 amide bonds. The number of aromatic nitrogens is 2. The molecule has 0 atom stereocenters. The van der Waals surface area contributed by atoms with E-state index in [0.29, 0.717) is 16.7 Å². The SMILES string of the molecule is CN(C)CCNc1cc(Nc2ccccc2Cl)nc(-c2ccccc2)n1. The molecule has 0 bridgehead atoms. The lowest BCUT2D eigenvalue weighted by Gasteiger charge is -2.14. The fourth-order valence-electron chi connectivity index (χ4n) is 2.43. The maximum absolute atomic E-state index is 6.26. The Morgan fingerprint density at radius 2 is 1.62 bits per heavy atom. The van der Waals surface area contributed by atoms with Gasteiger partial charge in [-0.1, -0.05) is 54.1 Å². The standard InChI is InChI=1S/C20H22ClN5/c1-26(2)13-12-22-18-14-19(23-17-11-7-6-10-16(17)21)25-20(24-18)15-8-4-3-5-9-15/h3-11,14H,12-13H2,1-2H3,(H2,22,23,24,25). The first-order valence-electron chi connectivity index (χ1n) is 8.46. The number of hydrogen-bond acceptors (Lipinski definition) is 5. The first-order chi connectivity index (χ1) is 12.6. The van der Waals surface area contributed by atoms with E-state index < -0.39 is 0 Å². The summed E-state index contributed by atoms with van der Waals surface area (Å²) in [6.45, 7) is 1.71. The summed E-state index contributed by atoms with van der Waals surface area (Å²) >= 11 is 6.26. The van der Waals surface area contributed by atoms with Gasteiger partial charge in [0, 0.05) is 24.7 Å². The lowest BCUT2D eigenvalue weighted by Crippen LogP contribution is -2.21. The lowest BCUT2D eigenvalue weighted by atomic mass is 10.2. The van der Waals surface area contributed by atoms with Gasteiger partial charge in [0.15, 0.2) is 5.82 Å². The summed E-state index contributed by atoms with van der Waals surface area (Å²) in [5, 5.41) is 7.30. The van der Waals surface area contributed by atoms with Crippen LogP contribution in [0.5, 0.6) is 0 Å². The number of para-hydroxylation sites is 1. The third-order valence-corrected chi connectivity index (χ3v) is 4.09. The van der Waals surface area contributed by atoms with Gasteiger partial charge in [0.25, 0.3) is 0 Å². The predicted octanol–water partition coefficient (Wildman–Crippen LogP) is 4.51. The number of benzene rings is 2. The number of halogens is 1. The Morgan fingerprint density at radius 3 is 2.35 bits per heavy atom. The normalized spacial score (nSPS) is 10.8. The highest BCUT2D eigenvalue weighted by Gasteiger charge is 2.08. The van der Waals surface area contributed by atoms with E-state index in [1.54, 1.807) is 0 Å². The van der Waals surface area contributed by atoms with Crippen molar-refractivity contribution >= 4 is 28.9 Å². The second-order valence-corrected chi connectivity index (χ2v) is 6.57. The molecule has 2 N–H and O–H groups in total. The minimum absolute atomic E-state index is 0.648. The van der Waals surface area contributed by atoms with Gasteiger partial charge < -0.3 is 15.5 Å². The predicted molar refractivity (Wildman–Crippen MR) is 109 cm³/mol. The van der Waals surface area contributed by atoms with Gasteiger partial charge in [0.05, 0.1) is 10.7 Å². The van der Waals surface area contributed by atoms with E-state index in [4.69, 9.17) is 11.6 Å². The summed E-state index contributed by atoms with van der Waals surface area (Å²) in [6, 6.07) is 19.4. The number of hydrogen-bond donors (Lipinski definition) is 2. The van der Waals surface area contributed by atoms with Crippen LogP contribution in [0.4, 0.5) is 17.3 Å². The molecule has 26 heavy (non-hydrogen) atoms. The molecule has 134 valence electrons.